The summed E-state index contributed by atoms with van der Waals surface area (Å²) in [5, 5.41) is 8.03. The van der Waals surface area contributed by atoms with Crippen molar-refractivity contribution < 1.29 is 14.3 Å². The summed E-state index contributed by atoms with van der Waals surface area (Å²) in [7, 11) is 1.88. The van der Waals surface area contributed by atoms with Crippen molar-refractivity contribution in [3.8, 4) is 0 Å². The third kappa shape index (κ3) is 4.62. The van der Waals surface area contributed by atoms with E-state index in [1.54, 1.807) is 0 Å². The molecule has 1 fully saturated rings. The minimum Gasteiger partial charge on any atom is -0.370 e. The molecule has 0 radical (unpaired) electrons. The molecule has 2 amide bonds. The van der Waals surface area contributed by atoms with Gasteiger partial charge < -0.3 is 15.0 Å². The van der Waals surface area contributed by atoms with E-state index in [1.807, 2.05) is 54.7 Å². The van der Waals surface area contributed by atoms with Gasteiger partial charge in [-0.05, 0) is 44.4 Å². The Kier molecular flexibility index (Phi) is 6.08. The Bertz CT molecular complexity index is 993. The fourth-order valence-corrected chi connectivity index (χ4v) is 4.70. The number of benzene rings is 1. The molecule has 2 aromatic rings. The SMILES string of the molecule is CC(C)NC(=O)c1nn(C)c2c1COC1(CCN(C(=O)Cc3cccc(Cl)c3)CC1)C2. The first-order valence-corrected chi connectivity index (χ1v) is 11.2. The molecule has 0 atom stereocenters. The van der Waals surface area contributed by atoms with Gasteiger partial charge in [0.15, 0.2) is 5.69 Å². The van der Waals surface area contributed by atoms with E-state index in [9.17, 15) is 9.59 Å². The zero-order valence-corrected chi connectivity index (χ0v) is 19.0. The molecule has 0 aliphatic carbocycles. The summed E-state index contributed by atoms with van der Waals surface area (Å²) in [5.74, 6) is -0.0466. The van der Waals surface area contributed by atoms with Crippen LogP contribution in [0.2, 0.25) is 5.02 Å². The van der Waals surface area contributed by atoms with Crippen molar-refractivity contribution in [2.45, 2.75) is 57.8 Å². The van der Waals surface area contributed by atoms with Crippen LogP contribution in [0, 0.1) is 0 Å². The summed E-state index contributed by atoms with van der Waals surface area (Å²) in [4.78, 5) is 27.2. The van der Waals surface area contributed by atoms with Crippen LogP contribution in [-0.4, -0.2) is 51.2 Å². The topological polar surface area (TPSA) is 76.5 Å². The van der Waals surface area contributed by atoms with Crippen LogP contribution >= 0.6 is 11.6 Å². The van der Waals surface area contributed by atoms with E-state index in [-0.39, 0.29) is 23.5 Å². The monoisotopic (exact) mass is 444 g/mol. The largest absolute Gasteiger partial charge is 0.370 e. The molecule has 8 heteroatoms. The fourth-order valence-electron chi connectivity index (χ4n) is 4.49. The number of carbonyl (C=O) groups excluding carboxylic acids is 2. The van der Waals surface area contributed by atoms with Crippen LogP contribution in [0.15, 0.2) is 24.3 Å². The number of ether oxygens (including phenoxy) is 1. The summed E-state index contributed by atoms with van der Waals surface area (Å²) in [5.41, 5.74) is 3.01. The quantitative estimate of drug-likeness (QED) is 0.786. The number of aromatic nitrogens is 2. The average molecular weight is 445 g/mol. The Morgan fingerprint density at radius 2 is 2.03 bits per heavy atom. The van der Waals surface area contributed by atoms with Crippen molar-refractivity contribution in [3.05, 3.63) is 51.8 Å². The zero-order valence-electron chi connectivity index (χ0n) is 18.3. The molecule has 0 unspecified atom stereocenters. The van der Waals surface area contributed by atoms with Gasteiger partial charge in [0, 0.05) is 48.9 Å². The molecule has 4 rings (SSSR count). The molecule has 0 bridgehead atoms. The first-order valence-electron chi connectivity index (χ1n) is 10.8. The predicted molar refractivity (Wildman–Crippen MR) is 118 cm³/mol. The van der Waals surface area contributed by atoms with Gasteiger partial charge in [0.05, 0.1) is 18.6 Å². The second-order valence-electron chi connectivity index (χ2n) is 8.86. The number of fused-ring (bicyclic) bond motifs is 1. The first kappa shape index (κ1) is 21.8. The minimum atomic E-state index is -0.306. The Balaban J connectivity index is 1.41. The van der Waals surface area contributed by atoms with E-state index in [4.69, 9.17) is 16.3 Å². The van der Waals surface area contributed by atoms with E-state index in [0.717, 1.165) is 29.7 Å². The van der Waals surface area contributed by atoms with E-state index in [2.05, 4.69) is 10.4 Å². The Labute approximate surface area is 187 Å². The highest BCUT2D eigenvalue weighted by atomic mass is 35.5. The molecule has 1 aromatic heterocycles. The van der Waals surface area contributed by atoms with Gasteiger partial charge in [-0.3, -0.25) is 14.3 Å². The lowest BCUT2D eigenvalue weighted by molar-refractivity contribution is -0.140. The maximum Gasteiger partial charge on any atom is 0.272 e. The van der Waals surface area contributed by atoms with Crippen molar-refractivity contribution in [2.24, 2.45) is 7.05 Å². The number of hydrogen-bond donors (Lipinski definition) is 1. The number of halogens is 1. The lowest BCUT2D eigenvalue weighted by Crippen LogP contribution is -2.51. The van der Waals surface area contributed by atoms with Gasteiger partial charge in [-0.25, -0.2) is 0 Å². The molecule has 1 saturated heterocycles. The number of hydrogen-bond acceptors (Lipinski definition) is 4. The van der Waals surface area contributed by atoms with Gasteiger partial charge in [-0.1, -0.05) is 23.7 Å². The van der Waals surface area contributed by atoms with Crippen molar-refractivity contribution >= 4 is 23.4 Å². The number of rotatable bonds is 4. The number of nitrogens with zero attached hydrogens (tertiary/aromatic N) is 3. The third-order valence-corrected chi connectivity index (χ3v) is 6.43. The smallest absolute Gasteiger partial charge is 0.272 e. The highest BCUT2D eigenvalue weighted by molar-refractivity contribution is 6.30. The average Bonchev–Trinajstić information content (AvgIpc) is 3.04. The molecule has 166 valence electrons. The van der Waals surface area contributed by atoms with Crippen molar-refractivity contribution in [2.75, 3.05) is 13.1 Å². The predicted octanol–water partition coefficient (Wildman–Crippen LogP) is 2.89. The lowest BCUT2D eigenvalue weighted by Gasteiger charge is -2.44. The van der Waals surface area contributed by atoms with Gasteiger partial charge in [-0.15, -0.1) is 0 Å². The standard InChI is InChI=1S/C23H29ClN4O3/c1-15(2)25-22(30)21-18-14-31-23(13-19(18)27(3)26-21)7-9-28(10-8-23)20(29)12-16-5-4-6-17(24)11-16/h4-6,11,15H,7-10,12-14H2,1-3H3,(H,25,30). The third-order valence-electron chi connectivity index (χ3n) is 6.19. The van der Waals surface area contributed by atoms with Gasteiger partial charge >= 0.3 is 0 Å². The summed E-state index contributed by atoms with van der Waals surface area (Å²) in [6.45, 7) is 5.56. The summed E-state index contributed by atoms with van der Waals surface area (Å²) < 4.78 is 8.13. The Morgan fingerprint density at radius 1 is 1.29 bits per heavy atom. The molecule has 1 N–H and O–H groups in total. The summed E-state index contributed by atoms with van der Waals surface area (Å²) >= 11 is 6.04. The Morgan fingerprint density at radius 3 is 2.71 bits per heavy atom. The van der Waals surface area contributed by atoms with Gasteiger partial charge in [0.2, 0.25) is 5.91 Å². The van der Waals surface area contributed by atoms with Gasteiger partial charge in [0.1, 0.15) is 0 Å². The van der Waals surface area contributed by atoms with Crippen LogP contribution in [0.1, 0.15) is 54.0 Å². The molecule has 3 heterocycles. The number of piperidine rings is 1. The van der Waals surface area contributed by atoms with Crippen LogP contribution in [0.4, 0.5) is 0 Å². The van der Waals surface area contributed by atoms with Crippen molar-refractivity contribution in [1.82, 2.24) is 20.0 Å². The molecule has 31 heavy (non-hydrogen) atoms. The molecule has 7 nitrogen and oxygen atoms in total. The normalized spacial score (nSPS) is 17.6. The highest BCUT2D eigenvalue weighted by Gasteiger charge is 2.42. The first-order chi connectivity index (χ1) is 14.8. The van der Waals surface area contributed by atoms with Gasteiger partial charge in [-0.2, -0.15) is 5.10 Å². The molecule has 2 aliphatic rings. The maximum atomic E-state index is 12.8. The molecule has 2 aliphatic heterocycles. The fraction of sp³-hybridized carbons (Fsp3) is 0.522. The zero-order chi connectivity index (χ0) is 22.2. The van der Waals surface area contributed by atoms with Crippen LogP contribution in [0.25, 0.3) is 0 Å². The second-order valence-corrected chi connectivity index (χ2v) is 9.30. The molecular formula is C23H29ClN4O3. The number of likely N-dealkylation sites (tertiary alicyclic amines) is 1. The van der Waals surface area contributed by atoms with E-state index in [0.29, 0.717) is 43.3 Å². The summed E-state index contributed by atoms with van der Waals surface area (Å²) in [6.07, 6.45) is 2.60. The molecule has 0 saturated carbocycles. The van der Waals surface area contributed by atoms with Crippen molar-refractivity contribution in [1.29, 1.82) is 0 Å². The van der Waals surface area contributed by atoms with Crippen molar-refractivity contribution in [3.63, 3.8) is 0 Å². The molecule has 1 aromatic carbocycles. The number of aryl methyl sites for hydroxylation is 1. The molecule has 1 spiro atoms. The van der Waals surface area contributed by atoms with Crippen LogP contribution < -0.4 is 5.32 Å². The van der Waals surface area contributed by atoms with E-state index >= 15 is 0 Å². The highest BCUT2D eigenvalue weighted by Crippen LogP contribution is 2.37. The van der Waals surface area contributed by atoms with E-state index < -0.39 is 0 Å². The molecular weight excluding hydrogens is 416 g/mol. The van der Waals surface area contributed by atoms with Gasteiger partial charge in [0.25, 0.3) is 5.91 Å². The summed E-state index contributed by atoms with van der Waals surface area (Å²) in [6, 6.07) is 7.50. The number of carbonyl (C=O) groups is 2. The number of amides is 2. The Hall–Kier alpha value is -2.38. The number of nitrogens with one attached hydrogen (secondary N) is 1. The van der Waals surface area contributed by atoms with E-state index in [1.165, 1.54) is 0 Å². The lowest BCUT2D eigenvalue weighted by atomic mass is 9.83. The second kappa shape index (κ2) is 8.63. The van der Waals surface area contributed by atoms with Crippen LogP contribution in [0.3, 0.4) is 0 Å². The minimum absolute atomic E-state index is 0.0507. The maximum absolute atomic E-state index is 12.8. The van der Waals surface area contributed by atoms with Crippen LogP contribution in [0.5, 0.6) is 0 Å². The van der Waals surface area contributed by atoms with Crippen LogP contribution in [-0.2, 0) is 36.0 Å².